The molecule has 0 saturated heterocycles. The number of benzene rings is 2. The van der Waals surface area contributed by atoms with Gasteiger partial charge >= 0.3 is 5.97 Å². The van der Waals surface area contributed by atoms with Crippen LogP contribution in [0.15, 0.2) is 47.4 Å². The monoisotopic (exact) mass is 310 g/mol. The van der Waals surface area contributed by atoms with E-state index in [1.807, 2.05) is 4.72 Å². The van der Waals surface area contributed by atoms with Crippen molar-refractivity contribution in [3.63, 3.8) is 0 Å². The molecule has 0 radical (unpaired) electrons. The number of hydrogen-bond acceptors (Lipinski definition) is 4. The second kappa shape index (κ2) is 5.41. The Kier molecular flexibility index (Phi) is 3.81. The van der Waals surface area contributed by atoms with E-state index in [0.717, 1.165) is 18.2 Å². The first kappa shape index (κ1) is 14.8. The number of sulfonamides is 1. The van der Waals surface area contributed by atoms with E-state index in [1.54, 1.807) is 0 Å². The van der Waals surface area contributed by atoms with Crippen LogP contribution in [0.5, 0.6) is 0 Å². The quantitative estimate of drug-likeness (QED) is 0.747. The number of halogens is 1. The van der Waals surface area contributed by atoms with Crippen molar-refractivity contribution < 1.29 is 22.7 Å². The number of carbonyl (C=O) groups is 1. The van der Waals surface area contributed by atoms with Crippen LogP contribution in [0.3, 0.4) is 0 Å². The van der Waals surface area contributed by atoms with Gasteiger partial charge in [-0.05, 0) is 30.3 Å². The fourth-order valence-electron chi connectivity index (χ4n) is 1.68. The highest BCUT2D eigenvalue weighted by Gasteiger charge is 2.23. The second-order valence-electron chi connectivity index (χ2n) is 4.15. The third-order valence-corrected chi connectivity index (χ3v) is 4.05. The fourth-order valence-corrected chi connectivity index (χ4v) is 2.98. The van der Waals surface area contributed by atoms with Gasteiger partial charge in [0.1, 0.15) is 10.7 Å². The summed E-state index contributed by atoms with van der Waals surface area (Å²) in [6, 6.07) is 8.50. The van der Waals surface area contributed by atoms with Crippen molar-refractivity contribution in [2.45, 2.75) is 4.90 Å². The molecule has 2 aromatic rings. The number of rotatable bonds is 4. The van der Waals surface area contributed by atoms with Gasteiger partial charge in [-0.25, -0.2) is 17.6 Å². The number of nitrogens with two attached hydrogens (primary N) is 1. The van der Waals surface area contributed by atoms with E-state index in [9.17, 15) is 17.6 Å². The molecule has 110 valence electrons. The number of hydrogen-bond donors (Lipinski definition) is 3. The summed E-state index contributed by atoms with van der Waals surface area (Å²) in [6.07, 6.45) is 0. The van der Waals surface area contributed by atoms with E-state index in [-0.39, 0.29) is 11.4 Å². The van der Waals surface area contributed by atoms with Gasteiger partial charge in [0.2, 0.25) is 0 Å². The maximum absolute atomic E-state index is 13.5. The van der Waals surface area contributed by atoms with Crippen molar-refractivity contribution >= 4 is 27.4 Å². The highest BCUT2D eigenvalue weighted by molar-refractivity contribution is 7.92. The van der Waals surface area contributed by atoms with Gasteiger partial charge in [0.25, 0.3) is 10.0 Å². The average Bonchev–Trinajstić information content (AvgIpc) is 2.41. The molecule has 0 bridgehead atoms. The molecule has 4 N–H and O–H groups in total. The average molecular weight is 310 g/mol. The summed E-state index contributed by atoms with van der Waals surface area (Å²) in [5.41, 5.74) is 4.83. The van der Waals surface area contributed by atoms with Gasteiger partial charge in [0, 0.05) is 5.69 Å². The first-order chi connectivity index (χ1) is 9.81. The molecule has 0 unspecified atom stereocenters. The number of anilines is 2. The number of nitrogen functional groups attached to an aromatic ring is 1. The lowest BCUT2D eigenvalue weighted by atomic mass is 10.2. The number of carboxylic acid groups (broad SMARTS) is 1. The van der Waals surface area contributed by atoms with Crippen molar-refractivity contribution in [3.8, 4) is 0 Å². The number of nitrogens with one attached hydrogen (secondary N) is 1. The van der Waals surface area contributed by atoms with Crippen molar-refractivity contribution in [1.29, 1.82) is 0 Å². The minimum absolute atomic E-state index is 0.0777. The molecule has 0 aliphatic rings. The zero-order valence-corrected chi connectivity index (χ0v) is 11.4. The van der Waals surface area contributed by atoms with E-state index in [2.05, 4.69) is 0 Å². The molecule has 0 fully saturated rings. The molecule has 0 saturated carbocycles. The molecule has 0 amide bonds. The maximum Gasteiger partial charge on any atom is 0.337 e. The first-order valence-electron chi connectivity index (χ1n) is 5.71. The van der Waals surface area contributed by atoms with Crippen LogP contribution in [0, 0.1) is 5.82 Å². The SMILES string of the molecule is Nc1ccc(C(=O)O)c(S(=O)(=O)Nc2ccccc2F)c1. The summed E-state index contributed by atoms with van der Waals surface area (Å²) in [4.78, 5) is 10.6. The zero-order valence-electron chi connectivity index (χ0n) is 10.6. The van der Waals surface area contributed by atoms with Gasteiger partial charge in [-0.15, -0.1) is 0 Å². The Morgan fingerprint density at radius 3 is 2.48 bits per heavy atom. The molecular weight excluding hydrogens is 299 g/mol. The van der Waals surface area contributed by atoms with E-state index >= 15 is 0 Å². The van der Waals surface area contributed by atoms with Crippen LogP contribution in [0.1, 0.15) is 10.4 Å². The van der Waals surface area contributed by atoms with Crippen LogP contribution in [0.25, 0.3) is 0 Å². The van der Waals surface area contributed by atoms with Gasteiger partial charge in [0.15, 0.2) is 0 Å². The predicted molar refractivity (Wildman–Crippen MR) is 75.0 cm³/mol. The Morgan fingerprint density at radius 2 is 1.86 bits per heavy atom. The molecule has 0 aliphatic carbocycles. The smallest absolute Gasteiger partial charge is 0.337 e. The minimum Gasteiger partial charge on any atom is -0.478 e. The molecular formula is C13H11FN2O4S. The van der Waals surface area contributed by atoms with Gasteiger partial charge in [-0.2, -0.15) is 0 Å². The predicted octanol–water partition coefficient (Wildman–Crippen LogP) is 1.91. The summed E-state index contributed by atoms with van der Waals surface area (Å²) in [7, 11) is -4.28. The molecule has 21 heavy (non-hydrogen) atoms. The summed E-state index contributed by atoms with van der Waals surface area (Å²) in [6.45, 7) is 0. The van der Waals surface area contributed by atoms with Crippen LogP contribution in [0.4, 0.5) is 15.8 Å². The van der Waals surface area contributed by atoms with Crippen molar-refractivity contribution in [3.05, 3.63) is 53.8 Å². The molecule has 0 spiro atoms. The normalized spacial score (nSPS) is 11.1. The van der Waals surface area contributed by atoms with Crippen LogP contribution >= 0.6 is 0 Å². The van der Waals surface area contributed by atoms with E-state index in [0.29, 0.717) is 0 Å². The van der Waals surface area contributed by atoms with Crippen LogP contribution in [-0.4, -0.2) is 19.5 Å². The summed E-state index contributed by atoms with van der Waals surface area (Å²) in [5, 5.41) is 9.03. The van der Waals surface area contributed by atoms with Crippen LogP contribution < -0.4 is 10.5 Å². The summed E-state index contributed by atoms with van der Waals surface area (Å²) < 4.78 is 40.0. The lowest BCUT2D eigenvalue weighted by Gasteiger charge is -2.11. The minimum atomic E-state index is -4.28. The maximum atomic E-state index is 13.5. The van der Waals surface area contributed by atoms with Gasteiger partial charge in [-0.3, -0.25) is 4.72 Å². The Morgan fingerprint density at radius 1 is 1.19 bits per heavy atom. The highest BCUT2D eigenvalue weighted by Crippen LogP contribution is 2.23. The van der Waals surface area contributed by atoms with Crippen LogP contribution in [0.2, 0.25) is 0 Å². The van der Waals surface area contributed by atoms with E-state index in [1.165, 1.54) is 24.3 Å². The van der Waals surface area contributed by atoms with Crippen LogP contribution in [-0.2, 0) is 10.0 Å². The van der Waals surface area contributed by atoms with Gasteiger partial charge in [-0.1, -0.05) is 12.1 Å². The largest absolute Gasteiger partial charge is 0.478 e. The third kappa shape index (κ3) is 3.11. The Bertz CT molecular complexity index is 806. The Hall–Kier alpha value is -2.61. The van der Waals surface area contributed by atoms with Crippen molar-refractivity contribution in [1.82, 2.24) is 0 Å². The molecule has 6 nitrogen and oxygen atoms in total. The van der Waals surface area contributed by atoms with E-state index < -0.39 is 32.3 Å². The molecule has 0 aliphatic heterocycles. The number of carboxylic acids is 1. The molecule has 2 aromatic carbocycles. The summed E-state index contributed by atoms with van der Waals surface area (Å²) >= 11 is 0. The van der Waals surface area contributed by atoms with Crippen molar-refractivity contribution in [2.75, 3.05) is 10.5 Å². The topological polar surface area (TPSA) is 109 Å². The van der Waals surface area contributed by atoms with Gasteiger partial charge < -0.3 is 10.8 Å². The Balaban J connectivity index is 2.52. The molecule has 0 heterocycles. The number of para-hydroxylation sites is 1. The molecule has 2 rings (SSSR count). The molecule has 0 atom stereocenters. The highest BCUT2D eigenvalue weighted by atomic mass is 32.2. The van der Waals surface area contributed by atoms with Gasteiger partial charge in [0.05, 0.1) is 11.3 Å². The fraction of sp³-hybridized carbons (Fsp3) is 0. The molecule has 8 heteroatoms. The third-order valence-electron chi connectivity index (χ3n) is 2.64. The Labute approximate surface area is 120 Å². The lowest BCUT2D eigenvalue weighted by Crippen LogP contribution is -2.18. The standard InChI is InChI=1S/C13H11FN2O4S/c14-10-3-1-2-4-11(10)16-21(19,20)12-7-8(15)5-6-9(12)13(17)18/h1-7,16H,15H2,(H,17,18). The summed E-state index contributed by atoms with van der Waals surface area (Å²) in [5.74, 6) is -2.20. The first-order valence-corrected chi connectivity index (χ1v) is 7.20. The number of aromatic carboxylic acids is 1. The zero-order chi connectivity index (χ0) is 15.6. The van der Waals surface area contributed by atoms with E-state index in [4.69, 9.17) is 10.8 Å². The second-order valence-corrected chi connectivity index (χ2v) is 5.80. The lowest BCUT2D eigenvalue weighted by molar-refractivity contribution is 0.0692. The molecule has 0 aromatic heterocycles. The van der Waals surface area contributed by atoms with Crippen molar-refractivity contribution in [2.24, 2.45) is 0 Å².